The summed E-state index contributed by atoms with van der Waals surface area (Å²) in [7, 11) is 1.75. The standard InChI is InChI=1S/C16H25N3O.HI/c1-20-12-10-16(8-9-16)13-19-15(17)18-11-7-14-5-3-2-4-6-14;/h2-6H,7-13H2,1H3,(H3,17,18,19);1H. The first-order valence-electron chi connectivity index (χ1n) is 7.31. The maximum absolute atomic E-state index is 5.91. The summed E-state index contributed by atoms with van der Waals surface area (Å²) >= 11 is 0. The first-order chi connectivity index (χ1) is 9.74. The van der Waals surface area contributed by atoms with Crippen LogP contribution in [0.3, 0.4) is 0 Å². The number of halogens is 1. The van der Waals surface area contributed by atoms with Gasteiger partial charge in [0.15, 0.2) is 5.96 Å². The smallest absolute Gasteiger partial charge is 0.188 e. The molecular weight excluding hydrogens is 377 g/mol. The van der Waals surface area contributed by atoms with E-state index < -0.39 is 0 Å². The number of methoxy groups -OCH3 is 1. The molecule has 2 rings (SSSR count). The van der Waals surface area contributed by atoms with Crippen LogP contribution in [-0.2, 0) is 11.2 Å². The van der Waals surface area contributed by atoms with Gasteiger partial charge in [-0.3, -0.25) is 4.99 Å². The Hall–Kier alpha value is -0.820. The van der Waals surface area contributed by atoms with Crippen LogP contribution in [0.2, 0.25) is 0 Å². The lowest BCUT2D eigenvalue weighted by molar-refractivity contribution is 0.174. The molecule has 1 saturated carbocycles. The first kappa shape index (κ1) is 18.2. The number of rotatable bonds is 8. The summed E-state index contributed by atoms with van der Waals surface area (Å²) in [5.74, 6) is 0.560. The summed E-state index contributed by atoms with van der Waals surface area (Å²) in [6, 6.07) is 10.4. The average molecular weight is 403 g/mol. The Bertz CT molecular complexity index is 432. The topological polar surface area (TPSA) is 59.6 Å². The molecule has 0 atom stereocenters. The third-order valence-corrected chi connectivity index (χ3v) is 3.94. The molecule has 21 heavy (non-hydrogen) atoms. The van der Waals surface area contributed by atoms with Crippen LogP contribution >= 0.6 is 24.0 Å². The van der Waals surface area contributed by atoms with Crippen LogP contribution < -0.4 is 11.1 Å². The lowest BCUT2D eigenvalue weighted by Gasteiger charge is -2.12. The van der Waals surface area contributed by atoms with Crippen molar-refractivity contribution in [3.8, 4) is 0 Å². The van der Waals surface area contributed by atoms with Crippen molar-refractivity contribution >= 4 is 29.9 Å². The van der Waals surface area contributed by atoms with Crippen LogP contribution in [0.15, 0.2) is 35.3 Å². The largest absolute Gasteiger partial charge is 0.385 e. The second-order valence-corrected chi connectivity index (χ2v) is 5.61. The van der Waals surface area contributed by atoms with Crippen molar-refractivity contribution in [3.05, 3.63) is 35.9 Å². The van der Waals surface area contributed by atoms with Crippen LogP contribution in [0.4, 0.5) is 0 Å². The number of aliphatic imine (C=N–C) groups is 1. The van der Waals surface area contributed by atoms with E-state index >= 15 is 0 Å². The molecule has 1 aliphatic rings. The van der Waals surface area contributed by atoms with E-state index in [2.05, 4.69) is 34.6 Å². The maximum Gasteiger partial charge on any atom is 0.188 e. The first-order valence-corrected chi connectivity index (χ1v) is 7.31. The molecule has 0 spiro atoms. The highest BCUT2D eigenvalue weighted by Crippen LogP contribution is 2.48. The molecule has 0 aromatic heterocycles. The van der Waals surface area contributed by atoms with Crippen LogP contribution in [0, 0.1) is 5.41 Å². The highest BCUT2D eigenvalue weighted by atomic mass is 127. The van der Waals surface area contributed by atoms with Crippen molar-refractivity contribution in [1.29, 1.82) is 0 Å². The van der Waals surface area contributed by atoms with Gasteiger partial charge in [-0.15, -0.1) is 24.0 Å². The van der Waals surface area contributed by atoms with Crippen molar-refractivity contribution in [3.63, 3.8) is 0 Å². The quantitative estimate of drug-likeness (QED) is 0.399. The Kier molecular flexibility index (Phi) is 8.03. The molecule has 1 aromatic rings. The van der Waals surface area contributed by atoms with Gasteiger partial charge in [0.25, 0.3) is 0 Å². The number of nitrogens with zero attached hydrogens (tertiary/aromatic N) is 1. The highest BCUT2D eigenvalue weighted by Gasteiger charge is 2.41. The van der Waals surface area contributed by atoms with E-state index in [1.165, 1.54) is 18.4 Å². The normalized spacial score (nSPS) is 16.1. The fourth-order valence-corrected chi connectivity index (χ4v) is 2.27. The van der Waals surface area contributed by atoms with Gasteiger partial charge >= 0.3 is 0 Å². The number of hydrogen-bond acceptors (Lipinski definition) is 2. The molecule has 0 unspecified atom stereocenters. The molecule has 0 bridgehead atoms. The van der Waals surface area contributed by atoms with Gasteiger partial charge in [-0.2, -0.15) is 0 Å². The van der Waals surface area contributed by atoms with Gasteiger partial charge in [0.05, 0.1) is 0 Å². The summed E-state index contributed by atoms with van der Waals surface area (Å²) in [4.78, 5) is 4.47. The number of nitrogens with two attached hydrogens (primary N) is 1. The van der Waals surface area contributed by atoms with Crippen molar-refractivity contribution in [2.75, 3.05) is 26.8 Å². The fourth-order valence-electron chi connectivity index (χ4n) is 2.27. The molecule has 0 saturated heterocycles. The van der Waals surface area contributed by atoms with E-state index in [-0.39, 0.29) is 24.0 Å². The molecule has 4 nitrogen and oxygen atoms in total. The highest BCUT2D eigenvalue weighted by molar-refractivity contribution is 14.0. The average Bonchev–Trinajstić information content (AvgIpc) is 3.25. The zero-order valence-electron chi connectivity index (χ0n) is 12.7. The van der Waals surface area contributed by atoms with Crippen LogP contribution in [0.5, 0.6) is 0 Å². The predicted octanol–water partition coefficient (Wildman–Crippen LogP) is 2.57. The molecule has 0 radical (unpaired) electrons. The van der Waals surface area contributed by atoms with Gasteiger partial charge in [-0.05, 0) is 36.7 Å². The minimum absolute atomic E-state index is 0. The SMILES string of the molecule is COCCC1(CN=C(N)NCCc2ccccc2)CC1.I. The van der Waals surface area contributed by atoms with E-state index in [1.807, 2.05) is 6.07 Å². The molecule has 5 heteroatoms. The summed E-state index contributed by atoms with van der Waals surface area (Å²) in [6.45, 7) is 2.46. The van der Waals surface area contributed by atoms with Gasteiger partial charge in [-0.1, -0.05) is 30.3 Å². The number of hydrogen-bond donors (Lipinski definition) is 2. The van der Waals surface area contributed by atoms with Crippen LogP contribution in [0.1, 0.15) is 24.8 Å². The Morgan fingerprint density at radius 2 is 2.05 bits per heavy atom. The van der Waals surface area contributed by atoms with Crippen molar-refractivity contribution in [1.82, 2.24) is 5.32 Å². The second kappa shape index (κ2) is 9.25. The van der Waals surface area contributed by atoms with Gasteiger partial charge in [-0.25, -0.2) is 0 Å². The molecule has 1 aliphatic carbocycles. The van der Waals surface area contributed by atoms with Crippen molar-refractivity contribution in [2.24, 2.45) is 16.1 Å². The van der Waals surface area contributed by atoms with E-state index in [0.29, 0.717) is 11.4 Å². The molecule has 1 aromatic carbocycles. The molecule has 1 fully saturated rings. The van der Waals surface area contributed by atoms with E-state index in [1.54, 1.807) is 7.11 Å². The van der Waals surface area contributed by atoms with Gasteiger partial charge < -0.3 is 15.8 Å². The van der Waals surface area contributed by atoms with E-state index in [9.17, 15) is 0 Å². The number of ether oxygens (including phenoxy) is 1. The monoisotopic (exact) mass is 403 g/mol. The summed E-state index contributed by atoms with van der Waals surface area (Å²) in [6.07, 6.45) is 4.55. The third-order valence-electron chi connectivity index (χ3n) is 3.94. The van der Waals surface area contributed by atoms with Gasteiger partial charge in [0.2, 0.25) is 0 Å². The zero-order chi connectivity index (χ0) is 14.3. The Morgan fingerprint density at radius 3 is 2.67 bits per heavy atom. The van der Waals surface area contributed by atoms with Gasteiger partial charge in [0, 0.05) is 26.8 Å². The van der Waals surface area contributed by atoms with Crippen molar-refractivity contribution in [2.45, 2.75) is 25.7 Å². The minimum Gasteiger partial charge on any atom is -0.385 e. The predicted molar refractivity (Wildman–Crippen MR) is 98.2 cm³/mol. The molecule has 118 valence electrons. The number of guanidine groups is 1. The van der Waals surface area contributed by atoms with Crippen LogP contribution in [0.25, 0.3) is 0 Å². The minimum atomic E-state index is 0. The third kappa shape index (κ3) is 6.65. The zero-order valence-corrected chi connectivity index (χ0v) is 15.0. The molecule has 0 aliphatic heterocycles. The van der Waals surface area contributed by atoms with Crippen LogP contribution in [-0.4, -0.2) is 32.8 Å². The van der Waals surface area contributed by atoms with Crippen molar-refractivity contribution < 1.29 is 4.74 Å². The summed E-state index contributed by atoms with van der Waals surface area (Å²) in [5.41, 5.74) is 7.58. The Morgan fingerprint density at radius 1 is 1.33 bits per heavy atom. The number of nitrogens with one attached hydrogen (secondary N) is 1. The molecular formula is C16H26IN3O. The molecule has 0 amide bonds. The maximum atomic E-state index is 5.91. The lowest BCUT2D eigenvalue weighted by atomic mass is 10.0. The molecule has 0 heterocycles. The Labute approximate surface area is 144 Å². The fraction of sp³-hybridized carbons (Fsp3) is 0.562. The van der Waals surface area contributed by atoms with E-state index in [0.717, 1.165) is 32.5 Å². The lowest BCUT2D eigenvalue weighted by Crippen LogP contribution is -2.34. The molecule has 3 N–H and O–H groups in total. The number of benzene rings is 1. The summed E-state index contributed by atoms with van der Waals surface area (Å²) in [5, 5.41) is 3.18. The Balaban J connectivity index is 0.00000220. The second-order valence-electron chi connectivity index (χ2n) is 5.61. The summed E-state index contributed by atoms with van der Waals surface area (Å²) < 4.78 is 5.14. The van der Waals surface area contributed by atoms with E-state index in [4.69, 9.17) is 10.5 Å². The van der Waals surface area contributed by atoms with Gasteiger partial charge in [0.1, 0.15) is 0 Å².